The highest BCUT2D eigenvalue weighted by Crippen LogP contribution is 2.31. The minimum absolute atomic E-state index is 0.0478. The van der Waals surface area contributed by atoms with Gasteiger partial charge < -0.3 is 9.47 Å². The lowest BCUT2D eigenvalue weighted by Gasteiger charge is -2.30. The highest BCUT2D eigenvalue weighted by molar-refractivity contribution is 5.86. The van der Waals surface area contributed by atoms with E-state index < -0.39 is 6.10 Å². The lowest BCUT2D eigenvalue weighted by Crippen LogP contribution is -2.43. The van der Waals surface area contributed by atoms with Crippen LogP contribution in [0.2, 0.25) is 0 Å². The zero-order valence-corrected chi connectivity index (χ0v) is 12.4. The van der Waals surface area contributed by atoms with Crippen molar-refractivity contribution < 1.29 is 14.3 Å². The van der Waals surface area contributed by atoms with Crippen molar-refractivity contribution in [1.29, 1.82) is 0 Å². The third kappa shape index (κ3) is 2.36. The molecule has 0 aliphatic carbocycles. The van der Waals surface area contributed by atoms with Gasteiger partial charge in [0.1, 0.15) is 12.2 Å². The van der Waals surface area contributed by atoms with Crippen molar-refractivity contribution >= 4 is 16.6 Å². The predicted molar refractivity (Wildman–Crippen MR) is 84.7 cm³/mol. The first kappa shape index (κ1) is 13.7. The Morgan fingerprint density at radius 2 is 1.95 bits per heavy atom. The van der Waals surface area contributed by atoms with Crippen LogP contribution in [0, 0.1) is 0 Å². The molecule has 112 valence electrons. The number of ether oxygens (including phenoxy) is 2. The molecule has 0 spiro atoms. The largest absolute Gasteiger partial charge is 0.363 e. The number of hydrogen-bond donors (Lipinski definition) is 0. The van der Waals surface area contributed by atoms with Gasteiger partial charge in [-0.05, 0) is 29.3 Å². The van der Waals surface area contributed by atoms with Crippen LogP contribution in [-0.4, -0.2) is 24.1 Å². The Balaban J connectivity index is 1.56. The van der Waals surface area contributed by atoms with Crippen molar-refractivity contribution in [1.82, 2.24) is 0 Å². The molecule has 2 aromatic carbocycles. The number of Topliss-reactive ketones (excluding diaryl/α,β-unsaturated/α-hetero) is 1. The molecule has 0 aromatic heterocycles. The van der Waals surface area contributed by atoms with Gasteiger partial charge in [-0.3, -0.25) is 4.79 Å². The Morgan fingerprint density at radius 1 is 1.14 bits per heavy atom. The Bertz CT molecular complexity index is 749. The van der Waals surface area contributed by atoms with E-state index >= 15 is 0 Å². The van der Waals surface area contributed by atoms with Crippen molar-refractivity contribution in [3.8, 4) is 0 Å². The summed E-state index contributed by atoms with van der Waals surface area (Å²) in [5, 5.41) is 2.39. The fourth-order valence-corrected chi connectivity index (χ4v) is 3.22. The van der Waals surface area contributed by atoms with Crippen molar-refractivity contribution in [3.05, 3.63) is 60.2 Å². The van der Waals surface area contributed by atoms with Crippen LogP contribution in [0.4, 0.5) is 0 Å². The van der Waals surface area contributed by atoms with Crippen LogP contribution < -0.4 is 0 Å². The SMILES string of the molecule is C[C@@H](O[C@H]1C(=O)C[C@@H]2C=C[C@@H]1O2)c1ccc2ccccc2c1. The van der Waals surface area contributed by atoms with Gasteiger partial charge in [0.2, 0.25) is 0 Å². The zero-order chi connectivity index (χ0) is 15.1. The van der Waals surface area contributed by atoms with E-state index in [1.165, 1.54) is 10.8 Å². The molecule has 0 N–H and O–H groups in total. The zero-order valence-electron chi connectivity index (χ0n) is 12.4. The number of carbonyl (C=O) groups excluding carboxylic acids is 1. The molecule has 0 radical (unpaired) electrons. The monoisotopic (exact) mass is 294 g/mol. The fourth-order valence-electron chi connectivity index (χ4n) is 3.22. The van der Waals surface area contributed by atoms with Gasteiger partial charge in [-0.25, -0.2) is 0 Å². The number of ketones is 1. The maximum absolute atomic E-state index is 12.2. The second-order valence-electron chi connectivity index (χ2n) is 6.00. The summed E-state index contributed by atoms with van der Waals surface area (Å²) >= 11 is 0. The van der Waals surface area contributed by atoms with Crippen LogP contribution in [0.5, 0.6) is 0 Å². The molecule has 2 aliphatic rings. The van der Waals surface area contributed by atoms with Crippen LogP contribution in [0.1, 0.15) is 25.0 Å². The van der Waals surface area contributed by atoms with Crippen LogP contribution >= 0.6 is 0 Å². The Kier molecular flexibility index (Phi) is 3.32. The summed E-state index contributed by atoms with van der Waals surface area (Å²) in [7, 11) is 0. The molecule has 0 amide bonds. The second kappa shape index (κ2) is 5.34. The van der Waals surface area contributed by atoms with Gasteiger partial charge in [0.25, 0.3) is 0 Å². The second-order valence-corrected chi connectivity index (χ2v) is 6.00. The number of carbonyl (C=O) groups is 1. The van der Waals surface area contributed by atoms with Gasteiger partial charge >= 0.3 is 0 Å². The van der Waals surface area contributed by atoms with Crippen molar-refractivity contribution in [3.63, 3.8) is 0 Å². The summed E-state index contributed by atoms with van der Waals surface area (Å²) in [6.07, 6.45) is 3.42. The number of hydrogen-bond acceptors (Lipinski definition) is 3. The molecule has 0 unspecified atom stereocenters. The summed E-state index contributed by atoms with van der Waals surface area (Å²) in [5.74, 6) is 0.138. The maximum Gasteiger partial charge on any atom is 0.167 e. The van der Waals surface area contributed by atoms with Crippen molar-refractivity contribution in [2.24, 2.45) is 0 Å². The standard InChI is InChI=1S/C19H18O3/c1-12(14-7-6-13-4-2-3-5-15(13)10-14)21-19-17(20)11-16-8-9-18(19)22-16/h2-10,12,16,18-19H,11H2,1H3/t12-,16+,18+,19+/m1/s1. The van der Waals surface area contributed by atoms with Crippen molar-refractivity contribution in [2.75, 3.05) is 0 Å². The molecule has 3 heteroatoms. The molecule has 1 fully saturated rings. The van der Waals surface area contributed by atoms with E-state index in [9.17, 15) is 4.79 Å². The molecule has 22 heavy (non-hydrogen) atoms. The average molecular weight is 294 g/mol. The average Bonchev–Trinajstić information content (AvgIpc) is 2.94. The number of benzene rings is 2. The molecule has 4 atom stereocenters. The van der Waals surface area contributed by atoms with Gasteiger partial charge in [0.15, 0.2) is 5.78 Å². The quantitative estimate of drug-likeness (QED) is 0.812. The first-order chi connectivity index (χ1) is 10.7. The first-order valence-corrected chi connectivity index (χ1v) is 7.71. The van der Waals surface area contributed by atoms with E-state index in [-0.39, 0.29) is 24.1 Å². The molecule has 2 bridgehead atoms. The summed E-state index contributed by atoms with van der Waals surface area (Å²) in [4.78, 5) is 12.2. The highest BCUT2D eigenvalue weighted by Gasteiger charge is 2.40. The van der Waals surface area contributed by atoms with Crippen LogP contribution in [0.15, 0.2) is 54.6 Å². The van der Waals surface area contributed by atoms with Crippen LogP contribution in [0.3, 0.4) is 0 Å². The fraction of sp³-hybridized carbons (Fsp3) is 0.316. The summed E-state index contributed by atoms with van der Waals surface area (Å²) in [6, 6.07) is 14.5. The molecule has 2 aliphatic heterocycles. The minimum Gasteiger partial charge on any atom is -0.363 e. The Morgan fingerprint density at radius 3 is 2.82 bits per heavy atom. The van der Waals surface area contributed by atoms with Crippen LogP contribution in [-0.2, 0) is 14.3 Å². The van der Waals surface area contributed by atoms with E-state index in [1.54, 1.807) is 0 Å². The first-order valence-electron chi connectivity index (χ1n) is 7.71. The highest BCUT2D eigenvalue weighted by atomic mass is 16.6. The van der Waals surface area contributed by atoms with E-state index in [0.717, 1.165) is 5.56 Å². The summed E-state index contributed by atoms with van der Waals surface area (Å²) in [5.41, 5.74) is 1.08. The Labute approximate surface area is 129 Å². The van der Waals surface area contributed by atoms with E-state index in [0.29, 0.717) is 6.42 Å². The normalized spacial score (nSPS) is 28.2. The molecule has 4 rings (SSSR count). The Hall–Kier alpha value is -1.97. The van der Waals surface area contributed by atoms with Gasteiger partial charge in [0, 0.05) is 6.42 Å². The number of fused-ring (bicyclic) bond motifs is 3. The van der Waals surface area contributed by atoms with Gasteiger partial charge in [0.05, 0.1) is 12.2 Å². The molecule has 2 aromatic rings. The topological polar surface area (TPSA) is 35.5 Å². The third-order valence-electron chi connectivity index (χ3n) is 4.46. The molecule has 0 saturated carbocycles. The molecule has 3 nitrogen and oxygen atoms in total. The lowest BCUT2D eigenvalue weighted by atomic mass is 10.0. The summed E-state index contributed by atoms with van der Waals surface area (Å²) in [6.45, 7) is 1.99. The van der Waals surface area contributed by atoms with Gasteiger partial charge in [-0.2, -0.15) is 0 Å². The van der Waals surface area contributed by atoms with Gasteiger partial charge in [-0.1, -0.05) is 48.6 Å². The van der Waals surface area contributed by atoms with E-state index in [1.807, 2.05) is 31.2 Å². The van der Waals surface area contributed by atoms with E-state index in [4.69, 9.17) is 9.47 Å². The van der Waals surface area contributed by atoms with Crippen LogP contribution in [0.25, 0.3) is 10.8 Å². The smallest absolute Gasteiger partial charge is 0.167 e. The maximum atomic E-state index is 12.2. The summed E-state index contributed by atoms with van der Waals surface area (Å²) < 4.78 is 11.8. The van der Waals surface area contributed by atoms with Crippen molar-refractivity contribution in [2.45, 2.75) is 37.8 Å². The molecule has 1 saturated heterocycles. The predicted octanol–water partition coefficient (Wildman–Crippen LogP) is 3.58. The van der Waals surface area contributed by atoms with E-state index in [2.05, 4.69) is 30.3 Å². The van der Waals surface area contributed by atoms with Gasteiger partial charge in [-0.15, -0.1) is 0 Å². The molecular formula is C19H18O3. The molecule has 2 heterocycles. The molecular weight excluding hydrogens is 276 g/mol. The lowest BCUT2D eigenvalue weighted by molar-refractivity contribution is -0.158. The third-order valence-corrected chi connectivity index (χ3v) is 4.46. The minimum atomic E-state index is -0.489. The number of rotatable bonds is 3.